The van der Waals surface area contributed by atoms with Crippen LogP contribution in [0.25, 0.3) is 0 Å². The topological polar surface area (TPSA) is 70.3 Å². The van der Waals surface area contributed by atoms with Crippen molar-refractivity contribution in [3.05, 3.63) is 41.7 Å². The summed E-state index contributed by atoms with van der Waals surface area (Å²) in [4.78, 5) is 11.9. The highest BCUT2D eigenvalue weighted by Crippen LogP contribution is 2.35. The number of likely N-dealkylation sites (N-methyl/N-ethyl adjacent to an activating group) is 1. The van der Waals surface area contributed by atoms with E-state index in [1.54, 1.807) is 6.07 Å². The molecule has 1 aromatic carbocycles. The minimum Gasteiger partial charge on any atom is -0.384 e. The number of piperazine rings is 1. The molecule has 1 aliphatic heterocycles. The molecule has 0 unspecified atom stereocenters. The molecule has 3 N–H and O–H groups in total. The fraction of sp³-hybridized carbons (Fsp3) is 0.412. The van der Waals surface area contributed by atoms with E-state index in [0.29, 0.717) is 11.5 Å². The van der Waals surface area contributed by atoms with Gasteiger partial charge in [-0.05, 0) is 24.7 Å². The fourth-order valence-electron chi connectivity index (χ4n) is 2.89. The van der Waals surface area contributed by atoms with Crippen LogP contribution in [0, 0.1) is 0 Å². The third kappa shape index (κ3) is 4.61. The van der Waals surface area contributed by atoms with E-state index in [4.69, 9.17) is 5.73 Å². The normalized spacial score (nSPS) is 16.6. The summed E-state index contributed by atoms with van der Waals surface area (Å²) < 4.78 is 40.6. The lowest BCUT2D eigenvalue weighted by Crippen LogP contribution is -2.44. The highest BCUT2D eigenvalue weighted by atomic mass is 19.4. The zero-order valence-electron chi connectivity index (χ0n) is 14.4. The number of hydrogen-bond donors (Lipinski definition) is 2. The van der Waals surface area contributed by atoms with E-state index >= 15 is 0 Å². The minimum absolute atomic E-state index is 0.241. The number of nitrogen functional groups attached to an aromatic ring is 1. The molecule has 6 nitrogen and oxygen atoms in total. The van der Waals surface area contributed by atoms with Crippen LogP contribution in [0.4, 0.5) is 30.5 Å². The van der Waals surface area contributed by atoms with Gasteiger partial charge in [-0.25, -0.2) is 9.97 Å². The molecule has 0 radical (unpaired) electrons. The molecular formula is C17H21F3N6. The van der Waals surface area contributed by atoms with E-state index in [1.807, 2.05) is 11.9 Å². The molecule has 140 valence electrons. The van der Waals surface area contributed by atoms with Gasteiger partial charge in [-0.2, -0.15) is 13.2 Å². The molecule has 9 heteroatoms. The Morgan fingerprint density at radius 1 is 1.12 bits per heavy atom. The largest absolute Gasteiger partial charge is 0.416 e. The average Bonchev–Trinajstić information content (AvgIpc) is 2.57. The molecule has 1 aliphatic rings. The van der Waals surface area contributed by atoms with Crippen molar-refractivity contribution >= 4 is 17.3 Å². The van der Waals surface area contributed by atoms with Gasteiger partial charge in [0.15, 0.2) is 0 Å². The highest BCUT2D eigenvalue weighted by molar-refractivity contribution is 5.60. The molecule has 2 heterocycles. The summed E-state index contributed by atoms with van der Waals surface area (Å²) in [5.74, 6) is 0.586. The first-order valence-corrected chi connectivity index (χ1v) is 8.27. The first kappa shape index (κ1) is 18.4. The molecule has 0 saturated carbocycles. The summed E-state index contributed by atoms with van der Waals surface area (Å²) in [7, 11) is 2.01. The molecule has 1 fully saturated rings. The van der Waals surface area contributed by atoms with E-state index in [9.17, 15) is 13.2 Å². The second-order valence-electron chi connectivity index (χ2n) is 6.40. The summed E-state index contributed by atoms with van der Waals surface area (Å²) in [5, 5.41) is 2.84. The Bertz CT molecular complexity index is 756. The van der Waals surface area contributed by atoms with Crippen LogP contribution in [-0.2, 0) is 12.7 Å². The third-order valence-electron chi connectivity index (χ3n) is 4.37. The number of hydrogen-bond acceptors (Lipinski definition) is 6. The standard InChI is InChI=1S/C17H21F3N6/c1-25-4-6-26(7-5-25)10-12-2-3-13(8-14(12)17(18,19)20)24-16-9-15(21)22-11-23-16/h2-3,8-9,11H,4-7,10H2,1H3,(H3,21,22,23,24). The van der Waals surface area contributed by atoms with Gasteiger partial charge in [-0.15, -0.1) is 0 Å². The molecule has 3 rings (SSSR count). The van der Waals surface area contributed by atoms with Gasteiger partial charge in [0.05, 0.1) is 5.56 Å². The lowest BCUT2D eigenvalue weighted by Gasteiger charge is -2.33. The molecular weight excluding hydrogens is 345 g/mol. The number of rotatable bonds is 4. The fourth-order valence-corrected chi connectivity index (χ4v) is 2.89. The monoisotopic (exact) mass is 366 g/mol. The average molecular weight is 366 g/mol. The van der Waals surface area contributed by atoms with Crippen molar-refractivity contribution in [1.29, 1.82) is 0 Å². The number of aromatic nitrogens is 2. The molecule has 1 saturated heterocycles. The van der Waals surface area contributed by atoms with Crippen LogP contribution in [-0.4, -0.2) is 53.0 Å². The molecule has 0 aliphatic carbocycles. The van der Waals surface area contributed by atoms with Gasteiger partial charge in [-0.3, -0.25) is 4.90 Å². The van der Waals surface area contributed by atoms with E-state index in [0.717, 1.165) is 32.2 Å². The number of halogens is 3. The molecule has 2 aromatic rings. The highest BCUT2D eigenvalue weighted by Gasteiger charge is 2.34. The number of anilines is 3. The molecule has 1 aromatic heterocycles. The predicted molar refractivity (Wildman–Crippen MR) is 93.9 cm³/mol. The Morgan fingerprint density at radius 3 is 2.50 bits per heavy atom. The second-order valence-corrected chi connectivity index (χ2v) is 6.40. The lowest BCUT2D eigenvalue weighted by atomic mass is 10.0. The summed E-state index contributed by atoms with van der Waals surface area (Å²) in [6, 6.07) is 5.72. The third-order valence-corrected chi connectivity index (χ3v) is 4.37. The van der Waals surface area contributed by atoms with Gasteiger partial charge in [0, 0.05) is 44.5 Å². The SMILES string of the molecule is CN1CCN(Cc2ccc(Nc3cc(N)ncn3)cc2C(F)(F)F)CC1. The van der Waals surface area contributed by atoms with Gasteiger partial charge >= 0.3 is 6.18 Å². The number of benzene rings is 1. The summed E-state index contributed by atoms with van der Waals surface area (Å²) >= 11 is 0. The van der Waals surface area contributed by atoms with Gasteiger partial charge in [0.1, 0.15) is 18.0 Å². The maximum Gasteiger partial charge on any atom is 0.416 e. The Kier molecular flexibility index (Phi) is 5.28. The smallest absolute Gasteiger partial charge is 0.384 e. The first-order chi connectivity index (χ1) is 12.3. The van der Waals surface area contributed by atoms with Gasteiger partial charge in [-0.1, -0.05) is 6.07 Å². The number of nitrogens with one attached hydrogen (secondary N) is 1. The van der Waals surface area contributed by atoms with E-state index < -0.39 is 11.7 Å². The Morgan fingerprint density at radius 2 is 1.85 bits per heavy atom. The van der Waals surface area contributed by atoms with Gasteiger partial charge in [0.2, 0.25) is 0 Å². The van der Waals surface area contributed by atoms with Gasteiger partial charge < -0.3 is 16.0 Å². The van der Waals surface area contributed by atoms with Crippen molar-refractivity contribution in [2.24, 2.45) is 0 Å². The van der Waals surface area contributed by atoms with Crippen LogP contribution in [0.2, 0.25) is 0 Å². The minimum atomic E-state index is -4.43. The molecule has 0 atom stereocenters. The number of nitrogens with zero attached hydrogens (tertiary/aromatic N) is 4. The zero-order valence-corrected chi connectivity index (χ0v) is 14.4. The van der Waals surface area contributed by atoms with Crippen LogP contribution in [0.5, 0.6) is 0 Å². The maximum atomic E-state index is 13.5. The molecule has 0 amide bonds. The van der Waals surface area contributed by atoms with Crippen molar-refractivity contribution in [2.75, 3.05) is 44.3 Å². The van der Waals surface area contributed by atoms with Crippen LogP contribution < -0.4 is 11.1 Å². The van der Waals surface area contributed by atoms with Crippen molar-refractivity contribution < 1.29 is 13.2 Å². The molecule has 26 heavy (non-hydrogen) atoms. The Balaban J connectivity index is 1.81. The summed E-state index contributed by atoms with van der Waals surface area (Å²) in [6.07, 6.45) is -3.17. The van der Waals surface area contributed by atoms with E-state index in [1.165, 1.54) is 18.5 Å². The van der Waals surface area contributed by atoms with Crippen LogP contribution in [0.3, 0.4) is 0 Å². The van der Waals surface area contributed by atoms with Crippen molar-refractivity contribution in [1.82, 2.24) is 19.8 Å². The quantitative estimate of drug-likeness (QED) is 0.867. The van der Waals surface area contributed by atoms with Gasteiger partial charge in [0.25, 0.3) is 0 Å². The predicted octanol–water partition coefficient (Wildman–Crippen LogP) is 2.57. The molecule has 0 spiro atoms. The number of alkyl halides is 3. The Hall–Kier alpha value is -2.39. The summed E-state index contributed by atoms with van der Waals surface area (Å²) in [6.45, 7) is 3.51. The maximum absolute atomic E-state index is 13.5. The van der Waals surface area contributed by atoms with Crippen molar-refractivity contribution in [3.8, 4) is 0 Å². The first-order valence-electron chi connectivity index (χ1n) is 8.27. The van der Waals surface area contributed by atoms with Crippen LogP contribution in [0.1, 0.15) is 11.1 Å². The van der Waals surface area contributed by atoms with E-state index in [2.05, 4.69) is 20.2 Å². The van der Waals surface area contributed by atoms with Crippen molar-refractivity contribution in [3.63, 3.8) is 0 Å². The number of nitrogens with two attached hydrogens (primary N) is 1. The summed E-state index contributed by atoms with van der Waals surface area (Å²) in [5.41, 5.74) is 5.51. The van der Waals surface area contributed by atoms with Crippen LogP contribution >= 0.6 is 0 Å². The zero-order chi connectivity index (χ0) is 18.7. The van der Waals surface area contributed by atoms with Crippen molar-refractivity contribution in [2.45, 2.75) is 12.7 Å². The lowest BCUT2D eigenvalue weighted by molar-refractivity contribution is -0.138. The molecule has 0 bridgehead atoms. The van der Waals surface area contributed by atoms with Crippen LogP contribution in [0.15, 0.2) is 30.6 Å². The van der Waals surface area contributed by atoms with E-state index in [-0.39, 0.29) is 17.9 Å². The second kappa shape index (κ2) is 7.46. The Labute approximate surface area is 149 Å².